The van der Waals surface area contributed by atoms with E-state index in [0.29, 0.717) is 0 Å². The molecule has 0 radical (unpaired) electrons. The molecule has 0 aliphatic rings. The van der Waals surface area contributed by atoms with Crippen LogP contribution in [0.4, 0.5) is 0 Å². The van der Waals surface area contributed by atoms with Crippen molar-refractivity contribution < 1.29 is 91.6 Å². The van der Waals surface area contributed by atoms with Crippen LogP contribution in [-0.2, 0) is 38.4 Å². The summed E-state index contributed by atoms with van der Waals surface area (Å²) in [6.45, 7) is -1.48. The maximum absolute atomic E-state index is 12.4. The van der Waals surface area contributed by atoms with Gasteiger partial charge in [0.15, 0.2) is 0 Å². The summed E-state index contributed by atoms with van der Waals surface area (Å²) in [6.07, 6.45) is -1.12. The Hall–Kier alpha value is -3.86. The number of carbonyl (C=O) groups is 8. The lowest BCUT2D eigenvalue weighted by Gasteiger charge is -2.20. The number of amides is 4. The van der Waals surface area contributed by atoms with E-state index in [9.17, 15) is 38.4 Å². The van der Waals surface area contributed by atoms with Gasteiger partial charge in [0.1, 0.15) is 37.3 Å². The number of nitrogens with two attached hydrogens (primary N) is 2. The number of carboxylic acid groups (broad SMARTS) is 4. The van der Waals surface area contributed by atoms with Gasteiger partial charge in [-0.3, -0.25) is 38.4 Å². The molecule has 0 aromatic rings. The number of aliphatic carboxylic acids is 4. The Morgan fingerprint density at radius 3 is 1.07 bits per heavy atom. The molecule has 274 valence electrons. The fourth-order valence-electron chi connectivity index (χ4n) is 2.52. The van der Waals surface area contributed by atoms with E-state index in [2.05, 4.69) is 21.3 Å². The molecule has 0 unspecified atom stereocenters. The third-order valence-electron chi connectivity index (χ3n) is 4.68. The molecule has 26 heteroatoms. The first kappa shape index (κ1) is 57.8. The summed E-state index contributed by atoms with van der Waals surface area (Å²) in [6, 6.07) is -5.16. The quantitative estimate of drug-likeness (QED) is 0.0389. The van der Waals surface area contributed by atoms with E-state index in [4.69, 9.17) is 31.9 Å². The highest BCUT2D eigenvalue weighted by Gasteiger charge is 2.25. The second-order valence-corrected chi connectivity index (χ2v) is 10.6. The third-order valence-corrected chi connectivity index (χ3v) is 7.11. The Bertz CT molecular complexity index is 888. The molecule has 24 N–H and O–H groups in total. The van der Waals surface area contributed by atoms with Crippen molar-refractivity contribution in [2.75, 3.05) is 24.6 Å². The molecule has 0 rings (SSSR count). The number of hydrogen-bond acceptors (Lipinski definition) is 12. The first-order valence-electron chi connectivity index (χ1n) is 11.4. The fraction of sp³-hybridized carbons (Fsp3) is 0.600. The Kier molecular flexibility index (Phi) is 39.1. The average Bonchev–Trinajstić information content (AvgIpc) is 2.87. The number of carboxylic acids is 4. The molecule has 0 spiro atoms. The summed E-state index contributed by atoms with van der Waals surface area (Å²) in [4.78, 5) is 92.3. The summed E-state index contributed by atoms with van der Waals surface area (Å²) in [5, 5.41) is 44.1. The highest BCUT2D eigenvalue weighted by molar-refractivity contribution is 8.76. The van der Waals surface area contributed by atoms with Crippen molar-refractivity contribution in [2.45, 2.75) is 49.9 Å². The van der Waals surface area contributed by atoms with Gasteiger partial charge in [-0.15, -0.1) is 0 Å². The molecule has 24 nitrogen and oxygen atoms in total. The van der Waals surface area contributed by atoms with Gasteiger partial charge >= 0.3 is 23.9 Å². The minimum atomic E-state index is -1.34. The van der Waals surface area contributed by atoms with Gasteiger partial charge in [0.2, 0.25) is 23.6 Å². The SMILES string of the molecule is N[C@@H](CCC(=O)N[C@@H](CSSC[C@H](NC(=O)CC[C@H](N)C(=O)O)C(=O)NCC(=O)O)C(=O)NCC(=O)O)C(=O)O.O.O.O.O.O.O. The molecule has 46 heavy (non-hydrogen) atoms. The van der Waals surface area contributed by atoms with Gasteiger partial charge in [-0.2, -0.15) is 0 Å². The Balaban J connectivity index is -0.000000507. The predicted molar refractivity (Wildman–Crippen MR) is 161 cm³/mol. The Labute approximate surface area is 268 Å². The molecule has 0 saturated heterocycles. The predicted octanol–water partition coefficient (Wildman–Crippen LogP) is -8.83. The highest BCUT2D eigenvalue weighted by atomic mass is 33.1. The Morgan fingerprint density at radius 1 is 0.543 bits per heavy atom. The lowest BCUT2D eigenvalue weighted by molar-refractivity contribution is -0.140. The van der Waals surface area contributed by atoms with Crippen LogP contribution in [-0.4, -0.2) is 150 Å². The van der Waals surface area contributed by atoms with Crippen LogP contribution in [0.5, 0.6) is 0 Å². The van der Waals surface area contributed by atoms with E-state index in [1.54, 1.807) is 0 Å². The highest BCUT2D eigenvalue weighted by Crippen LogP contribution is 2.23. The molecule has 4 amide bonds. The van der Waals surface area contributed by atoms with Gasteiger partial charge in [0.05, 0.1) is 0 Å². The zero-order chi connectivity index (χ0) is 30.8. The van der Waals surface area contributed by atoms with E-state index in [1.807, 2.05) is 0 Å². The van der Waals surface area contributed by atoms with Crippen LogP contribution in [0.15, 0.2) is 0 Å². The van der Waals surface area contributed by atoms with Gasteiger partial charge in [0, 0.05) is 24.3 Å². The standard InChI is InChI=1S/C20H32N6O12S2.6H2O/c21-9(19(35)36)1-3-13(27)25-11(17(33)23-5-15(29)30)7-39-40-8-12(18(34)24-6-16(31)32)26-14(28)4-2-10(22)20(37)38;;;;;;/h9-12H,1-8,21-22H2,(H,23,33)(H,24,34)(H,25,27)(H,26,28)(H,29,30)(H,31,32)(H,35,36)(H,37,38);6*1H2/t9-,10-,11-,12-;;;;;;/m0....../s1. The molecule has 0 fully saturated rings. The molecule has 0 aromatic heterocycles. The second-order valence-electron chi connectivity index (χ2n) is 8.00. The Morgan fingerprint density at radius 2 is 0.826 bits per heavy atom. The molecule has 0 saturated carbocycles. The van der Waals surface area contributed by atoms with Crippen molar-refractivity contribution in [1.29, 1.82) is 0 Å². The van der Waals surface area contributed by atoms with E-state index in [-0.39, 0.29) is 70.0 Å². The van der Waals surface area contributed by atoms with E-state index in [0.717, 1.165) is 21.6 Å². The molecule has 0 aliphatic heterocycles. The molecule has 0 bridgehead atoms. The summed E-state index contributed by atoms with van der Waals surface area (Å²) in [5.74, 6) is -8.81. The first-order chi connectivity index (χ1) is 18.6. The van der Waals surface area contributed by atoms with Crippen molar-refractivity contribution in [2.24, 2.45) is 11.5 Å². The summed E-state index contributed by atoms with van der Waals surface area (Å²) >= 11 is 0. The lowest BCUT2D eigenvalue weighted by Crippen LogP contribution is -2.50. The van der Waals surface area contributed by atoms with Gasteiger partial charge < -0.3 is 86.0 Å². The van der Waals surface area contributed by atoms with Crippen molar-refractivity contribution in [3.8, 4) is 0 Å². The normalized spacial score (nSPS) is 11.8. The number of rotatable bonds is 21. The van der Waals surface area contributed by atoms with Crippen molar-refractivity contribution in [3.63, 3.8) is 0 Å². The van der Waals surface area contributed by atoms with Crippen LogP contribution >= 0.6 is 21.6 Å². The zero-order valence-electron chi connectivity index (χ0n) is 24.0. The van der Waals surface area contributed by atoms with Crippen LogP contribution in [0, 0.1) is 0 Å². The summed E-state index contributed by atoms with van der Waals surface area (Å²) < 4.78 is 0. The second kappa shape index (κ2) is 31.1. The molecule has 4 atom stereocenters. The molecule has 0 aromatic carbocycles. The topological polar surface area (TPSA) is 507 Å². The van der Waals surface area contributed by atoms with Crippen molar-refractivity contribution in [1.82, 2.24) is 21.3 Å². The number of carbonyl (C=O) groups excluding carboxylic acids is 4. The van der Waals surface area contributed by atoms with E-state index < -0.39 is 84.8 Å². The van der Waals surface area contributed by atoms with Gasteiger partial charge in [-0.1, -0.05) is 21.6 Å². The van der Waals surface area contributed by atoms with Crippen LogP contribution < -0.4 is 32.7 Å². The van der Waals surface area contributed by atoms with Crippen molar-refractivity contribution >= 4 is 69.1 Å². The zero-order valence-corrected chi connectivity index (χ0v) is 25.6. The molecular formula is C20H44N6O18S2. The maximum atomic E-state index is 12.4. The lowest BCUT2D eigenvalue weighted by atomic mass is 10.1. The summed E-state index contributed by atoms with van der Waals surface area (Å²) in [5.41, 5.74) is 10.7. The third kappa shape index (κ3) is 27.7. The van der Waals surface area contributed by atoms with Gasteiger partial charge in [-0.05, 0) is 12.8 Å². The average molecular weight is 721 g/mol. The van der Waals surface area contributed by atoms with Crippen LogP contribution in [0.2, 0.25) is 0 Å². The maximum Gasteiger partial charge on any atom is 0.322 e. The van der Waals surface area contributed by atoms with E-state index in [1.165, 1.54) is 0 Å². The molecule has 0 heterocycles. The van der Waals surface area contributed by atoms with Gasteiger partial charge in [0.25, 0.3) is 0 Å². The van der Waals surface area contributed by atoms with Crippen LogP contribution in [0.1, 0.15) is 25.7 Å². The van der Waals surface area contributed by atoms with E-state index >= 15 is 0 Å². The fourth-order valence-corrected chi connectivity index (χ4v) is 4.85. The largest absolute Gasteiger partial charge is 0.480 e. The minimum absolute atomic E-state index is 0. The first-order valence-corrected chi connectivity index (χ1v) is 13.9. The monoisotopic (exact) mass is 720 g/mol. The number of nitrogens with one attached hydrogen (secondary N) is 4. The summed E-state index contributed by atoms with van der Waals surface area (Å²) in [7, 11) is 1.89. The van der Waals surface area contributed by atoms with Crippen LogP contribution in [0.25, 0.3) is 0 Å². The minimum Gasteiger partial charge on any atom is -0.480 e. The van der Waals surface area contributed by atoms with Crippen LogP contribution in [0.3, 0.4) is 0 Å². The molecule has 0 aliphatic carbocycles. The molecular weight excluding hydrogens is 676 g/mol. The van der Waals surface area contributed by atoms with Crippen molar-refractivity contribution in [3.05, 3.63) is 0 Å². The van der Waals surface area contributed by atoms with Gasteiger partial charge in [-0.25, -0.2) is 0 Å². The smallest absolute Gasteiger partial charge is 0.322 e. The number of hydrogen-bond donors (Lipinski definition) is 10.